The Bertz CT molecular complexity index is 3210. The van der Waals surface area contributed by atoms with E-state index in [4.69, 9.17) is 28.4 Å². The topological polar surface area (TPSA) is 158 Å². The third-order valence-electron chi connectivity index (χ3n) is 32.1. The van der Waals surface area contributed by atoms with E-state index in [-0.39, 0.29) is 80.1 Å². The molecule has 1 aromatic rings. The molecule has 632 valence electrons. The summed E-state index contributed by atoms with van der Waals surface area (Å²) in [6, 6.07) is 9.66. The summed E-state index contributed by atoms with van der Waals surface area (Å²) >= 11 is 0. The molecule has 18 heteroatoms. The van der Waals surface area contributed by atoms with E-state index in [1.165, 1.54) is 294 Å². The Kier molecular flexibility index (Phi) is 29.6. The minimum atomic E-state index is -0.323. The lowest BCUT2D eigenvalue weighted by Crippen LogP contribution is -2.60. The Morgan fingerprint density at radius 1 is 0.381 bits per heavy atom. The Morgan fingerprint density at radius 3 is 1.12 bits per heavy atom. The van der Waals surface area contributed by atoms with Gasteiger partial charge in [-0.1, -0.05) is 30.3 Å². The minimum absolute atomic E-state index is 0.0114. The fourth-order valence-electron chi connectivity index (χ4n) is 26.6. The van der Waals surface area contributed by atoms with Crippen molar-refractivity contribution in [2.75, 3.05) is 104 Å². The molecule has 113 heavy (non-hydrogen) atoms. The van der Waals surface area contributed by atoms with Gasteiger partial charge in [0.05, 0.1) is 12.7 Å². The second-order valence-corrected chi connectivity index (χ2v) is 55.4. The molecule has 0 N–H and O–H groups in total. The summed E-state index contributed by atoms with van der Waals surface area (Å²) in [5.41, 5.74) is 0.180. The molecule has 15 saturated carbocycles. The fourth-order valence-corrected chi connectivity index (χ4v) is 40.6. The van der Waals surface area contributed by atoms with Gasteiger partial charge in [0.2, 0.25) is 33.5 Å². The first-order valence-corrected chi connectivity index (χ1v) is 56.9. The first-order valence-electron chi connectivity index (χ1n) is 46.7. The van der Waals surface area contributed by atoms with E-state index in [0.29, 0.717) is 131 Å². The second-order valence-electron chi connectivity index (χ2n) is 41.2. The van der Waals surface area contributed by atoms with E-state index in [1.54, 1.807) is 0 Å². The number of esters is 5. The van der Waals surface area contributed by atoms with E-state index in [1.807, 2.05) is 51.1 Å². The maximum absolute atomic E-state index is 13.6. The van der Waals surface area contributed by atoms with Crippen molar-refractivity contribution in [2.45, 2.75) is 318 Å². The quantitative estimate of drug-likeness (QED) is 0.0630. The molecular formula is C95H150O12S6+6. The van der Waals surface area contributed by atoms with Crippen molar-refractivity contribution in [1.29, 1.82) is 0 Å². The van der Waals surface area contributed by atoms with E-state index < -0.39 is 0 Å². The van der Waals surface area contributed by atoms with Crippen LogP contribution in [0.4, 0.5) is 0 Å². The molecule has 23 rings (SSSR count). The normalized spacial score (nSPS) is 38.9. The summed E-state index contributed by atoms with van der Waals surface area (Å²) in [6.45, 7) is 13.5. The molecule has 5 unspecified atom stereocenters. The number of fused-ring (bicyclic) bond motifs is 1. The van der Waals surface area contributed by atoms with Crippen molar-refractivity contribution in [3.63, 3.8) is 0 Å². The number of hydrogen-bond acceptors (Lipinski definition) is 12. The van der Waals surface area contributed by atoms with Gasteiger partial charge in [0.15, 0.2) is 5.75 Å². The van der Waals surface area contributed by atoms with Crippen molar-refractivity contribution in [2.24, 2.45) is 88.8 Å². The summed E-state index contributed by atoms with van der Waals surface area (Å²) in [5.74, 6) is 31.2. The molecular weight excluding hydrogens is 1530 g/mol. The Labute approximate surface area is 700 Å². The average molecular weight is 1680 g/mol. The van der Waals surface area contributed by atoms with Crippen molar-refractivity contribution in [1.82, 2.24) is 0 Å². The average Bonchev–Trinajstić information content (AvgIpc) is 1.09. The zero-order valence-corrected chi connectivity index (χ0v) is 75.8. The van der Waals surface area contributed by atoms with Crippen LogP contribution in [0.25, 0.3) is 0 Å². The fraction of sp³-hybridized carbons (Fsp3) is 0.874. The SMILES string of the molecule is CC(C)(C)OC(=O)C[S+]1CCCCC1.CC1(OC(=O)C2([S+]3CCCCC3)CCCC2)C2CC3CC(C2)CC1C3.CC1(OC(=O)C[S+]2CCCC2)C2CC3CC(C2)CC1C3.CC1(OC(=O)C[S+]2CCCCC2)C2CC3CC(C2)CC1C3.O=C(C[S+]1CCCC1)c1ccccc1.O=C(C[S+]1CCCCC1)OC1C2CC3COC1C3C2. The first-order chi connectivity index (χ1) is 54.5. The first kappa shape index (κ1) is 86.2. The molecule has 14 bridgehead atoms. The molecule has 0 spiro atoms. The predicted molar refractivity (Wildman–Crippen MR) is 473 cm³/mol. The van der Waals surface area contributed by atoms with Crippen LogP contribution in [0.5, 0.6) is 0 Å². The lowest BCUT2D eigenvalue weighted by Gasteiger charge is -2.59. The summed E-state index contributed by atoms with van der Waals surface area (Å²) in [5, 5.41) is 0. The molecule has 7 heterocycles. The number of carbonyl (C=O) groups excluding carboxylic acids is 6. The number of ether oxygens (including phenoxy) is 6. The molecule has 22 fully saturated rings. The van der Waals surface area contributed by atoms with Gasteiger partial charge in [-0.05, 0) is 410 Å². The van der Waals surface area contributed by atoms with Crippen LogP contribution in [0, 0.1) is 88.8 Å². The van der Waals surface area contributed by atoms with Gasteiger partial charge in [-0.15, -0.1) is 0 Å². The molecule has 0 amide bonds. The zero-order chi connectivity index (χ0) is 78.5. The van der Waals surface area contributed by atoms with Gasteiger partial charge in [0.1, 0.15) is 97.5 Å². The smallest absolute Gasteiger partial charge is 0.363 e. The van der Waals surface area contributed by atoms with Gasteiger partial charge >= 0.3 is 29.8 Å². The largest absolute Gasteiger partial charge is 0.456 e. The summed E-state index contributed by atoms with van der Waals surface area (Å²) < 4.78 is 35.9. The van der Waals surface area contributed by atoms with Crippen LogP contribution in [-0.2, 0) is 118 Å². The number of Topliss-reactive ketones (excluding diaryl/α,β-unsaturated/α-hetero) is 1. The number of ketones is 1. The van der Waals surface area contributed by atoms with Crippen LogP contribution in [0.2, 0.25) is 0 Å². The van der Waals surface area contributed by atoms with Crippen LogP contribution in [-0.4, -0.2) is 179 Å². The Balaban J connectivity index is 0.000000108. The van der Waals surface area contributed by atoms with E-state index >= 15 is 0 Å². The highest BCUT2D eigenvalue weighted by molar-refractivity contribution is 7.99. The third-order valence-corrected chi connectivity index (χ3v) is 47.3. The van der Waals surface area contributed by atoms with Gasteiger partial charge < -0.3 is 28.4 Å². The van der Waals surface area contributed by atoms with Crippen LogP contribution in [0.3, 0.4) is 0 Å². The highest BCUT2D eigenvalue weighted by Gasteiger charge is 2.64. The number of carbonyl (C=O) groups is 6. The Morgan fingerprint density at radius 2 is 0.726 bits per heavy atom. The van der Waals surface area contributed by atoms with Crippen LogP contribution in [0.1, 0.15) is 289 Å². The van der Waals surface area contributed by atoms with Gasteiger partial charge in [0, 0.05) is 29.3 Å². The highest BCUT2D eigenvalue weighted by atomic mass is 32.2. The van der Waals surface area contributed by atoms with Crippen LogP contribution >= 0.6 is 0 Å². The molecule has 7 saturated heterocycles. The summed E-state index contributed by atoms with van der Waals surface area (Å²) in [6.07, 6.45) is 49.0. The third kappa shape index (κ3) is 21.3. The minimum Gasteiger partial charge on any atom is -0.456 e. The summed E-state index contributed by atoms with van der Waals surface area (Å²) in [7, 11) is 1.97. The maximum Gasteiger partial charge on any atom is 0.363 e. The lowest BCUT2D eigenvalue weighted by atomic mass is 9.50. The Hall–Kier alpha value is -1.70. The zero-order valence-electron chi connectivity index (χ0n) is 70.9. The molecule has 15 aliphatic carbocycles. The molecule has 0 aromatic heterocycles. The molecule has 22 aliphatic rings. The van der Waals surface area contributed by atoms with Crippen molar-refractivity contribution in [3.05, 3.63) is 35.9 Å². The van der Waals surface area contributed by atoms with Gasteiger partial charge in [-0.2, -0.15) is 0 Å². The summed E-state index contributed by atoms with van der Waals surface area (Å²) in [4.78, 5) is 74.0. The van der Waals surface area contributed by atoms with Crippen LogP contribution < -0.4 is 0 Å². The van der Waals surface area contributed by atoms with Crippen LogP contribution in [0.15, 0.2) is 30.3 Å². The number of benzene rings is 1. The number of hydrogen-bond donors (Lipinski definition) is 0. The van der Waals surface area contributed by atoms with Gasteiger partial charge in [-0.3, -0.25) is 4.79 Å². The monoisotopic (exact) mass is 1670 g/mol. The predicted octanol–water partition coefficient (Wildman–Crippen LogP) is 17.7. The van der Waals surface area contributed by atoms with E-state index in [2.05, 4.69) is 20.8 Å². The van der Waals surface area contributed by atoms with Gasteiger partial charge in [-0.25, -0.2) is 24.0 Å². The van der Waals surface area contributed by atoms with Crippen molar-refractivity contribution in [3.8, 4) is 0 Å². The van der Waals surface area contributed by atoms with E-state index in [9.17, 15) is 28.8 Å². The molecule has 0 radical (unpaired) electrons. The van der Waals surface area contributed by atoms with Crippen molar-refractivity contribution < 1.29 is 57.2 Å². The standard InChI is InChI=1S/C22H35O2S.C18H29O2S.C17H27O2S.C15H23O3S.C12H15OS.C11H21O2S/c1-21(18-12-16-11-17(14-18)15-19(21)13-16)24-20(23)22(7-3-4-8-22)25-9-5-2-6-10-25;1-18(20-17(19)12-21-5-3-2-4-6-21)15-8-13-7-14(10-15)11-16(18)9-13;1-17(19-16(18)11-20-4-2-3-5-20)14-7-12-6-13(9-14)10-15(17)8-12;16-13(9-19-4-2-1-3-5-19)18-14-10-6-11-8-17-15(14)12(11)7-10;13-12(10-14-8-4-5-9-14)11-6-2-1-3-7-11;1-11(2,3)13-10(12)9-14-7-5-4-6-8-14/h16-19H,2-15H2,1H3;13-16H,2-12H2,1H3;12-15H,2-11H2,1H3;10-12,14-15H,1-9H2;1-3,6-7H,4-5,8-10H2;4-9H2,1-3H3/q6*+1. The molecule has 12 nitrogen and oxygen atoms in total. The van der Waals surface area contributed by atoms with E-state index in [0.717, 1.165) is 72.2 Å². The maximum atomic E-state index is 13.6. The van der Waals surface area contributed by atoms with Crippen molar-refractivity contribution >= 4 is 101 Å². The molecule has 7 aliphatic heterocycles. The van der Waals surface area contributed by atoms with Gasteiger partial charge in [0.25, 0.3) is 0 Å². The lowest BCUT2D eigenvalue weighted by molar-refractivity contribution is -0.205. The second kappa shape index (κ2) is 38.8. The number of rotatable bonds is 17. The molecule has 1 aromatic carbocycles. The molecule has 5 atom stereocenters. The highest BCUT2D eigenvalue weighted by Crippen LogP contribution is 2.63.